The van der Waals surface area contributed by atoms with Crippen LogP contribution in [-0.2, 0) is 9.59 Å². The normalized spacial score (nSPS) is 18.3. The highest BCUT2D eigenvalue weighted by atomic mass is 16.4. The summed E-state index contributed by atoms with van der Waals surface area (Å²) in [5, 5.41) is 8.59. The highest BCUT2D eigenvalue weighted by molar-refractivity contribution is 5.83. The van der Waals surface area contributed by atoms with Crippen molar-refractivity contribution in [1.29, 1.82) is 0 Å². The Balaban J connectivity index is 2.52. The number of nitrogens with zero attached hydrogens (tertiary/aromatic N) is 1. The molecule has 0 spiro atoms. The van der Waals surface area contributed by atoms with E-state index in [0.717, 1.165) is 25.7 Å². The predicted molar refractivity (Wildman–Crippen MR) is 69.1 cm³/mol. The molecule has 0 aromatic rings. The maximum Gasteiger partial charge on any atom is 0.303 e. The molecule has 0 aliphatic heterocycles. The van der Waals surface area contributed by atoms with Crippen molar-refractivity contribution in [3.63, 3.8) is 0 Å². The Bertz CT molecular complexity index is 299. The molecule has 5 nitrogen and oxygen atoms in total. The summed E-state index contributed by atoms with van der Waals surface area (Å²) in [7, 11) is 1.75. The van der Waals surface area contributed by atoms with Gasteiger partial charge in [-0.3, -0.25) is 9.59 Å². The first-order valence-electron chi connectivity index (χ1n) is 6.69. The van der Waals surface area contributed by atoms with Crippen molar-refractivity contribution in [3.8, 4) is 0 Å². The second kappa shape index (κ2) is 6.73. The number of carboxylic acids is 1. The minimum atomic E-state index is -0.818. The molecular formula is C13H24N2O3. The minimum Gasteiger partial charge on any atom is -0.481 e. The molecule has 1 aliphatic rings. The Kier molecular flexibility index (Phi) is 5.59. The highest BCUT2D eigenvalue weighted by Crippen LogP contribution is 2.36. The first-order chi connectivity index (χ1) is 8.52. The van der Waals surface area contributed by atoms with E-state index in [1.807, 2.05) is 0 Å². The molecule has 1 saturated carbocycles. The van der Waals surface area contributed by atoms with E-state index in [9.17, 15) is 9.59 Å². The van der Waals surface area contributed by atoms with Crippen molar-refractivity contribution in [3.05, 3.63) is 0 Å². The van der Waals surface area contributed by atoms with Crippen LogP contribution < -0.4 is 5.73 Å². The quantitative estimate of drug-likeness (QED) is 0.748. The number of nitrogens with two attached hydrogens (primary N) is 1. The first kappa shape index (κ1) is 15.0. The molecule has 0 radical (unpaired) electrons. The van der Waals surface area contributed by atoms with Crippen molar-refractivity contribution in [2.75, 3.05) is 20.1 Å². The van der Waals surface area contributed by atoms with Gasteiger partial charge in [-0.15, -0.1) is 0 Å². The average Bonchev–Trinajstić information content (AvgIpc) is 2.38. The number of carbonyl (C=O) groups is 2. The lowest BCUT2D eigenvalue weighted by molar-refractivity contribution is -0.143. The van der Waals surface area contributed by atoms with Gasteiger partial charge in [0.25, 0.3) is 0 Å². The van der Waals surface area contributed by atoms with Crippen LogP contribution in [0, 0.1) is 5.41 Å². The van der Waals surface area contributed by atoms with Crippen LogP contribution in [0.5, 0.6) is 0 Å². The third-order valence-corrected chi connectivity index (χ3v) is 3.89. The molecule has 0 aromatic carbocycles. The minimum absolute atomic E-state index is 0.0927. The molecule has 1 aliphatic carbocycles. The van der Waals surface area contributed by atoms with Crippen LogP contribution in [0.2, 0.25) is 0 Å². The lowest BCUT2D eigenvalue weighted by atomic mass is 9.73. The molecule has 1 rings (SSSR count). The lowest BCUT2D eigenvalue weighted by Crippen LogP contribution is -2.48. The fourth-order valence-electron chi connectivity index (χ4n) is 2.71. The van der Waals surface area contributed by atoms with Gasteiger partial charge in [-0.25, -0.2) is 0 Å². The van der Waals surface area contributed by atoms with E-state index in [0.29, 0.717) is 19.5 Å². The number of amides is 1. The summed E-state index contributed by atoms with van der Waals surface area (Å²) >= 11 is 0. The van der Waals surface area contributed by atoms with Crippen molar-refractivity contribution < 1.29 is 14.7 Å². The van der Waals surface area contributed by atoms with Crippen molar-refractivity contribution in [1.82, 2.24) is 4.90 Å². The smallest absolute Gasteiger partial charge is 0.303 e. The van der Waals surface area contributed by atoms with Gasteiger partial charge in [0.2, 0.25) is 5.91 Å². The topological polar surface area (TPSA) is 83.6 Å². The van der Waals surface area contributed by atoms with Gasteiger partial charge in [0, 0.05) is 26.6 Å². The molecule has 104 valence electrons. The number of hydrogen-bond donors (Lipinski definition) is 2. The summed E-state index contributed by atoms with van der Waals surface area (Å²) in [5.41, 5.74) is 5.42. The van der Waals surface area contributed by atoms with Crippen molar-refractivity contribution in [2.24, 2.45) is 11.1 Å². The summed E-state index contributed by atoms with van der Waals surface area (Å²) in [6, 6.07) is 0. The third-order valence-electron chi connectivity index (χ3n) is 3.89. The summed E-state index contributed by atoms with van der Waals surface area (Å²) in [4.78, 5) is 24.5. The number of carbonyl (C=O) groups excluding carboxylic acids is 1. The van der Waals surface area contributed by atoms with Crippen LogP contribution in [0.1, 0.15) is 44.9 Å². The zero-order chi connectivity index (χ0) is 13.6. The largest absolute Gasteiger partial charge is 0.481 e. The van der Waals surface area contributed by atoms with E-state index in [1.165, 1.54) is 6.42 Å². The maximum absolute atomic E-state index is 12.4. The molecule has 0 aromatic heterocycles. The second-order valence-corrected chi connectivity index (χ2v) is 5.27. The maximum atomic E-state index is 12.4. The molecule has 5 heteroatoms. The van der Waals surface area contributed by atoms with Gasteiger partial charge in [-0.2, -0.15) is 0 Å². The zero-order valence-corrected chi connectivity index (χ0v) is 11.2. The fraction of sp³-hybridized carbons (Fsp3) is 0.846. The molecule has 3 N–H and O–H groups in total. The second-order valence-electron chi connectivity index (χ2n) is 5.27. The van der Waals surface area contributed by atoms with Gasteiger partial charge in [-0.1, -0.05) is 19.3 Å². The molecule has 0 bridgehead atoms. The molecule has 0 atom stereocenters. The predicted octanol–water partition coefficient (Wildman–Crippen LogP) is 1.22. The van der Waals surface area contributed by atoms with Crippen LogP contribution >= 0.6 is 0 Å². The van der Waals surface area contributed by atoms with Gasteiger partial charge >= 0.3 is 5.97 Å². The standard InChI is InChI=1S/C13H24N2O3/c1-15(9-5-6-11(16)17)12(18)13(10-14)7-3-2-4-8-13/h2-10,14H2,1H3,(H,16,17). The van der Waals surface area contributed by atoms with Crippen LogP contribution in [0.15, 0.2) is 0 Å². The van der Waals surface area contributed by atoms with Gasteiger partial charge in [-0.05, 0) is 19.3 Å². The molecule has 0 heterocycles. The summed E-state index contributed by atoms with van der Waals surface area (Å²) in [6.07, 6.45) is 5.64. The third kappa shape index (κ3) is 3.70. The van der Waals surface area contributed by atoms with Crippen molar-refractivity contribution >= 4 is 11.9 Å². The van der Waals surface area contributed by atoms with E-state index >= 15 is 0 Å². The molecule has 18 heavy (non-hydrogen) atoms. The Morgan fingerprint density at radius 1 is 1.28 bits per heavy atom. The Morgan fingerprint density at radius 2 is 1.89 bits per heavy atom. The SMILES string of the molecule is CN(CCCC(=O)O)C(=O)C1(CN)CCCCC1. The van der Waals surface area contributed by atoms with Gasteiger partial charge in [0.15, 0.2) is 0 Å². The van der Waals surface area contributed by atoms with Crippen LogP contribution in [0.3, 0.4) is 0 Å². The Labute approximate surface area is 108 Å². The number of rotatable bonds is 6. The van der Waals surface area contributed by atoms with Gasteiger partial charge in [0.05, 0.1) is 5.41 Å². The monoisotopic (exact) mass is 256 g/mol. The molecule has 1 amide bonds. The summed E-state index contributed by atoms with van der Waals surface area (Å²) in [6.45, 7) is 0.891. The van der Waals surface area contributed by atoms with Gasteiger partial charge in [0.1, 0.15) is 0 Å². The first-order valence-corrected chi connectivity index (χ1v) is 6.69. The average molecular weight is 256 g/mol. The Hall–Kier alpha value is -1.10. The van der Waals surface area contributed by atoms with E-state index < -0.39 is 11.4 Å². The molecular weight excluding hydrogens is 232 g/mol. The molecule has 0 saturated heterocycles. The zero-order valence-electron chi connectivity index (χ0n) is 11.2. The van der Waals surface area contributed by atoms with Crippen LogP contribution in [0.4, 0.5) is 0 Å². The molecule has 1 fully saturated rings. The summed E-state index contributed by atoms with van der Waals surface area (Å²) < 4.78 is 0. The number of aliphatic carboxylic acids is 1. The lowest BCUT2D eigenvalue weighted by Gasteiger charge is -2.37. The van der Waals surface area contributed by atoms with Gasteiger partial charge < -0.3 is 15.7 Å². The molecule has 0 unspecified atom stereocenters. The number of carboxylic acid groups (broad SMARTS) is 1. The van der Waals surface area contributed by atoms with Crippen LogP contribution in [-0.4, -0.2) is 42.0 Å². The van der Waals surface area contributed by atoms with Crippen molar-refractivity contribution in [2.45, 2.75) is 44.9 Å². The van der Waals surface area contributed by atoms with E-state index in [4.69, 9.17) is 10.8 Å². The number of hydrogen-bond acceptors (Lipinski definition) is 3. The fourth-order valence-corrected chi connectivity index (χ4v) is 2.71. The van der Waals surface area contributed by atoms with E-state index in [-0.39, 0.29) is 12.3 Å². The van der Waals surface area contributed by atoms with E-state index in [2.05, 4.69) is 0 Å². The summed E-state index contributed by atoms with van der Waals surface area (Å²) in [5.74, 6) is -0.725. The Morgan fingerprint density at radius 3 is 2.39 bits per heavy atom. The highest BCUT2D eigenvalue weighted by Gasteiger charge is 2.39. The van der Waals surface area contributed by atoms with E-state index in [1.54, 1.807) is 11.9 Å². The van der Waals surface area contributed by atoms with Crippen LogP contribution in [0.25, 0.3) is 0 Å².